The summed E-state index contributed by atoms with van der Waals surface area (Å²) >= 11 is 7.62. The molecule has 3 aromatic rings. The minimum atomic E-state index is 0.0462. The predicted octanol–water partition coefficient (Wildman–Crippen LogP) is 5.27. The highest BCUT2D eigenvalue weighted by Crippen LogP contribution is 2.32. The van der Waals surface area contributed by atoms with E-state index in [2.05, 4.69) is 19.1 Å². The number of halogens is 1. The van der Waals surface area contributed by atoms with Crippen molar-refractivity contribution in [1.82, 2.24) is 4.98 Å². The van der Waals surface area contributed by atoms with Gasteiger partial charge in [-0.2, -0.15) is 0 Å². The molecule has 1 saturated heterocycles. The summed E-state index contributed by atoms with van der Waals surface area (Å²) in [5.41, 5.74) is 3.15. The Labute approximate surface area is 174 Å². The van der Waals surface area contributed by atoms with Crippen molar-refractivity contribution in [1.29, 1.82) is 0 Å². The van der Waals surface area contributed by atoms with E-state index in [1.54, 1.807) is 4.90 Å². The summed E-state index contributed by atoms with van der Waals surface area (Å²) in [5, 5.41) is 1.39. The summed E-state index contributed by atoms with van der Waals surface area (Å²) in [6.07, 6.45) is 3.44. The average molecular weight is 415 g/mol. The topological polar surface area (TPSA) is 42.4 Å². The Morgan fingerprint density at radius 1 is 1.25 bits per heavy atom. The Bertz CT molecular complexity index is 964. The van der Waals surface area contributed by atoms with E-state index in [1.165, 1.54) is 16.9 Å². The Kier molecular flexibility index (Phi) is 5.95. The van der Waals surface area contributed by atoms with Gasteiger partial charge in [0.05, 0.1) is 29.3 Å². The molecule has 1 atom stereocenters. The SMILES string of the molecule is CCc1ccc(CC(=O)N(CC2CCCO2)c2nc3ccc(Cl)cc3s2)cc1. The number of fused-ring (bicyclic) bond motifs is 1. The molecule has 2 heterocycles. The molecular formula is C22H23ClN2O2S. The minimum absolute atomic E-state index is 0.0462. The van der Waals surface area contributed by atoms with Gasteiger partial charge in [-0.1, -0.05) is 54.1 Å². The van der Waals surface area contributed by atoms with Gasteiger partial charge in [0.1, 0.15) is 0 Å². The predicted molar refractivity (Wildman–Crippen MR) is 115 cm³/mol. The number of thiazole rings is 1. The third-order valence-corrected chi connectivity index (χ3v) is 6.34. The lowest BCUT2D eigenvalue weighted by molar-refractivity contribution is -0.118. The molecule has 1 amide bonds. The van der Waals surface area contributed by atoms with Crippen molar-refractivity contribution in [2.24, 2.45) is 0 Å². The maximum atomic E-state index is 13.2. The number of carbonyl (C=O) groups excluding carboxylic acids is 1. The van der Waals surface area contributed by atoms with Gasteiger partial charge in [0.2, 0.25) is 5.91 Å². The van der Waals surface area contributed by atoms with Crippen molar-refractivity contribution in [2.45, 2.75) is 38.7 Å². The highest BCUT2D eigenvalue weighted by Gasteiger charge is 2.26. The van der Waals surface area contributed by atoms with Gasteiger partial charge >= 0.3 is 0 Å². The van der Waals surface area contributed by atoms with Crippen molar-refractivity contribution in [2.75, 3.05) is 18.1 Å². The standard InChI is InChI=1S/C22H23ClN2O2S/c1-2-15-5-7-16(8-6-15)12-21(26)25(14-18-4-3-11-27-18)22-24-19-10-9-17(23)13-20(19)28-22/h5-10,13,18H,2-4,11-12,14H2,1H3. The smallest absolute Gasteiger partial charge is 0.233 e. The molecule has 6 heteroatoms. The van der Waals surface area contributed by atoms with Crippen LogP contribution in [0.15, 0.2) is 42.5 Å². The molecule has 0 bridgehead atoms. The molecular weight excluding hydrogens is 392 g/mol. The minimum Gasteiger partial charge on any atom is -0.376 e. The Morgan fingerprint density at radius 3 is 2.75 bits per heavy atom. The van der Waals surface area contributed by atoms with Crippen LogP contribution in [0.25, 0.3) is 10.2 Å². The van der Waals surface area contributed by atoms with Crippen molar-refractivity contribution in [3.05, 3.63) is 58.6 Å². The molecule has 1 aliphatic rings. The van der Waals surface area contributed by atoms with Crippen molar-refractivity contribution < 1.29 is 9.53 Å². The molecule has 0 N–H and O–H groups in total. The molecule has 1 fully saturated rings. The molecule has 1 aliphatic heterocycles. The number of nitrogens with zero attached hydrogens (tertiary/aromatic N) is 2. The van der Waals surface area contributed by atoms with Gasteiger partial charge in [-0.15, -0.1) is 0 Å². The number of ether oxygens (including phenoxy) is 1. The number of rotatable bonds is 6. The van der Waals surface area contributed by atoms with Crippen molar-refractivity contribution in [3.8, 4) is 0 Å². The van der Waals surface area contributed by atoms with Crippen LogP contribution in [0.5, 0.6) is 0 Å². The Hall–Kier alpha value is -1.95. The number of anilines is 1. The first-order valence-corrected chi connectivity index (χ1v) is 10.9. The molecule has 1 unspecified atom stereocenters. The van der Waals surface area contributed by atoms with Crippen LogP contribution in [-0.2, 0) is 22.4 Å². The maximum absolute atomic E-state index is 13.2. The highest BCUT2D eigenvalue weighted by molar-refractivity contribution is 7.22. The number of hydrogen-bond donors (Lipinski definition) is 0. The van der Waals surface area contributed by atoms with Gasteiger partial charge in [0.15, 0.2) is 5.13 Å². The van der Waals surface area contributed by atoms with Crippen molar-refractivity contribution in [3.63, 3.8) is 0 Å². The van der Waals surface area contributed by atoms with Crippen LogP contribution >= 0.6 is 22.9 Å². The third-order valence-electron chi connectivity index (χ3n) is 5.07. The van der Waals surface area contributed by atoms with E-state index >= 15 is 0 Å². The molecule has 146 valence electrons. The maximum Gasteiger partial charge on any atom is 0.233 e. The first-order valence-electron chi connectivity index (χ1n) is 9.68. The number of carbonyl (C=O) groups is 1. The number of aromatic nitrogens is 1. The molecule has 1 aromatic heterocycles. The van der Waals surface area contributed by atoms with E-state index in [4.69, 9.17) is 21.3 Å². The molecule has 0 aliphatic carbocycles. The number of amides is 1. The summed E-state index contributed by atoms with van der Waals surface area (Å²) in [6.45, 7) is 3.43. The van der Waals surface area contributed by atoms with Gasteiger partial charge in [-0.05, 0) is 48.6 Å². The lowest BCUT2D eigenvalue weighted by Crippen LogP contribution is -2.38. The third kappa shape index (κ3) is 4.37. The summed E-state index contributed by atoms with van der Waals surface area (Å²) in [6, 6.07) is 13.9. The second-order valence-corrected chi connectivity index (χ2v) is 8.54. The van der Waals surface area contributed by atoms with E-state index in [-0.39, 0.29) is 12.0 Å². The second-order valence-electron chi connectivity index (χ2n) is 7.09. The fraction of sp³-hybridized carbons (Fsp3) is 0.364. The van der Waals surface area contributed by atoms with Crippen LogP contribution in [0.2, 0.25) is 5.02 Å². The van der Waals surface area contributed by atoms with Crippen LogP contribution in [0.3, 0.4) is 0 Å². The zero-order valence-corrected chi connectivity index (χ0v) is 17.4. The molecule has 28 heavy (non-hydrogen) atoms. The van der Waals surface area contributed by atoms with Gasteiger partial charge < -0.3 is 4.74 Å². The molecule has 0 radical (unpaired) electrons. The molecule has 4 rings (SSSR count). The average Bonchev–Trinajstić information content (AvgIpc) is 3.35. The van der Waals surface area contributed by atoms with E-state index in [0.717, 1.165) is 41.6 Å². The second kappa shape index (κ2) is 8.60. The highest BCUT2D eigenvalue weighted by atomic mass is 35.5. The van der Waals surface area contributed by atoms with Crippen LogP contribution in [0.4, 0.5) is 5.13 Å². The Balaban J connectivity index is 1.60. The van der Waals surface area contributed by atoms with E-state index in [0.29, 0.717) is 23.1 Å². The summed E-state index contributed by atoms with van der Waals surface area (Å²) < 4.78 is 6.78. The zero-order chi connectivity index (χ0) is 19.5. The zero-order valence-electron chi connectivity index (χ0n) is 15.9. The largest absolute Gasteiger partial charge is 0.376 e. The lowest BCUT2D eigenvalue weighted by Gasteiger charge is -2.23. The first-order chi connectivity index (χ1) is 13.6. The van der Waals surface area contributed by atoms with Gasteiger partial charge in [0.25, 0.3) is 0 Å². The quantitative estimate of drug-likeness (QED) is 0.552. The molecule has 0 spiro atoms. The molecule has 2 aromatic carbocycles. The number of hydrogen-bond acceptors (Lipinski definition) is 4. The lowest BCUT2D eigenvalue weighted by atomic mass is 10.1. The fourth-order valence-electron chi connectivity index (χ4n) is 3.44. The van der Waals surface area contributed by atoms with Crippen LogP contribution in [0.1, 0.15) is 30.9 Å². The molecule has 0 saturated carbocycles. The van der Waals surface area contributed by atoms with Gasteiger partial charge in [0, 0.05) is 11.6 Å². The Morgan fingerprint density at radius 2 is 2.04 bits per heavy atom. The van der Waals surface area contributed by atoms with Crippen molar-refractivity contribution >= 4 is 44.2 Å². The number of benzene rings is 2. The van der Waals surface area contributed by atoms with Crippen LogP contribution in [0, 0.1) is 0 Å². The van der Waals surface area contributed by atoms with Gasteiger partial charge in [-0.3, -0.25) is 9.69 Å². The van der Waals surface area contributed by atoms with E-state index in [1.807, 2.05) is 30.3 Å². The fourth-order valence-corrected chi connectivity index (χ4v) is 4.71. The summed E-state index contributed by atoms with van der Waals surface area (Å²) in [5.74, 6) is 0.0462. The van der Waals surface area contributed by atoms with E-state index in [9.17, 15) is 4.79 Å². The van der Waals surface area contributed by atoms with E-state index < -0.39 is 0 Å². The summed E-state index contributed by atoms with van der Waals surface area (Å²) in [4.78, 5) is 19.7. The first kappa shape index (κ1) is 19.4. The van der Waals surface area contributed by atoms with Gasteiger partial charge in [-0.25, -0.2) is 4.98 Å². The molecule has 4 nitrogen and oxygen atoms in total. The summed E-state index contributed by atoms with van der Waals surface area (Å²) in [7, 11) is 0. The van der Waals surface area contributed by atoms with Crippen LogP contribution in [-0.4, -0.2) is 30.1 Å². The number of aryl methyl sites for hydroxylation is 1. The normalized spacial score (nSPS) is 16.6. The monoisotopic (exact) mass is 414 g/mol. The van der Waals surface area contributed by atoms with Crippen LogP contribution < -0.4 is 4.90 Å².